The Balaban J connectivity index is 2.09. The highest BCUT2D eigenvalue weighted by Gasteiger charge is 2.08. The fraction of sp³-hybridized carbons (Fsp3) is 0.143. The van der Waals surface area contributed by atoms with Gasteiger partial charge in [-0.25, -0.2) is 9.50 Å². The summed E-state index contributed by atoms with van der Waals surface area (Å²) in [5, 5.41) is 4.47. The zero-order chi connectivity index (χ0) is 14.1. The van der Waals surface area contributed by atoms with Gasteiger partial charge in [-0.2, -0.15) is 5.10 Å². The maximum absolute atomic E-state index is 5.65. The zero-order valence-electron chi connectivity index (χ0n) is 11.2. The predicted octanol–water partition coefficient (Wildman–Crippen LogP) is 2.00. The van der Waals surface area contributed by atoms with Crippen molar-refractivity contribution in [1.82, 2.24) is 14.6 Å². The highest BCUT2D eigenvalue weighted by atomic mass is 16.5. The molecule has 6 nitrogen and oxygen atoms in total. The molecule has 0 saturated carbocycles. The Hall–Kier alpha value is -2.76. The number of nitrogens with zero attached hydrogens (tertiary/aromatic N) is 3. The lowest BCUT2D eigenvalue weighted by molar-refractivity contribution is 0.355. The number of imidazole rings is 1. The Morgan fingerprint density at radius 3 is 2.60 bits per heavy atom. The van der Waals surface area contributed by atoms with E-state index in [-0.39, 0.29) is 0 Å². The van der Waals surface area contributed by atoms with E-state index in [0.29, 0.717) is 23.0 Å². The van der Waals surface area contributed by atoms with Crippen molar-refractivity contribution in [3.8, 4) is 22.8 Å². The van der Waals surface area contributed by atoms with Crippen LogP contribution in [0, 0.1) is 0 Å². The molecule has 0 unspecified atom stereocenters. The lowest BCUT2D eigenvalue weighted by Crippen LogP contribution is -1.95. The van der Waals surface area contributed by atoms with Gasteiger partial charge in [-0.3, -0.25) is 0 Å². The molecular weight excluding hydrogens is 256 g/mol. The van der Waals surface area contributed by atoms with Gasteiger partial charge in [-0.15, -0.1) is 0 Å². The van der Waals surface area contributed by atoms with Crippen LogP contribution in [0.3, 0.4) is 0 Å². The first-order valence-electron chi connectivity index (χ1n) is 6.05. The number of nitrogens with two attached hydrogens (primary N) is 1. The van der Waals surface area contributed by atoms with Crippen LogP contribution in [0.4, 0.5) is 5.82 Å². The summed E-state index contributed by atoms with van der Waals surface area (Å²) >= 11 is 0. The third kappa shape index (κ3) is 2.01. The summed E-state index contributed by atoms with van der Waals surface area (Å²) in [6, 6.07) is 9.42. The first kappa shape index (κ1) is 12.3. The minimum Gasteiger partial charge on any atom is -0.493 e. The van der Waals surface area contributed by atoms with E-state index in [1.54, 1.807) is 24.9 Å². The van der Waals surface area contributed by atoms with Gasteiger partial charge in [0.1, 0.15) is 5.82 Å². The average Bonchev–Trinajstić information content (AvgIpc) is 2.85. The van der Waals surface area contributed by atoms with E-state index in [1.807, 2.05) is 30.3 Å². The Kier molecular flexibility index (Phi) is 2.90. The first-order valence-corrected chi connectivity index (χ1v) is 6.05. The fourth-order valence-corrected chi connectivity index (χ4v) is 2.05. The maximum atomic E-state index is 5.65. The van der Waals surface area contributed by atoms with Crippen LogP contribution in [0.2, 0.25) is 0 Å². The molecule has 2 aromatic heterocycles. The van der Waals surface area contributed by atoms with E-state index < -0.39 is 0 Å². The number of aromatic nitrogens is 3. The number of benzene rings is 1. The number of methoxy groups -OCH3 is 2. The first-order chi connectivity index (χ1) is 9.71. The quantitative estimate of drug-likeness (QED) is 0.787. The minimum atomic E-state index is 0.446. The van der Waals surface area contributed by atoms with Crippen molar-refractivity contribution in [1.29, 1.82) is 0 Å². The van der Waals surface area contributed by atoms with Crippen molar-refractivity contribution in [2.75, 3.05) is 20.0 Å². The second kappa shape index (κ2) is 4.73. The molecule has 6 heteroatoms. The molecule has 102 valence electrons. The lowest BCUT2D eigenvalue weighted by Gasteiger charge is -2.09. The molecule has 0 saturated heterocycles. The molecule has 3 aromatic rings. The van der Waals surface area contributed by atoms with Crippen molar-refractivity contribution < 1.29 is 9.47 Å². The number of anilines is 1. The van der Waals surface area contributed by atoms with Gasteiger partial charge in [-0.1, -0.05) is 0 Å². The number of hydrogen-bond acceptors (Lipinski definition) is 5. The van der Waals surface area contributed by atoms with Gasteiger partial charge in [0.2, 0.25) is 0 Å². The third-order valence-corrected chi connectivity index (χ3v) is 3.02. The minimum absolute atomic E-state index is 0.446. The summed E-state index contributed by atoms with van der Waals surface area (Å²) in [4.78, 5) is 4.14. The van der Waals surface area contributed by atoms with Crippen LogP contribution in [-0.4, -0.2) is 28.8 Å². The van der Waals surface area contributed by atoms with Crippen molar-refractivity contribution in [3.63, 3.8) is 0 Å². The van der Waals surface area contributed by atoms with Gasteiger partial charge in [0.15, 0.2) is 17.1 Å². The van der Waals surface area contributed by atoms with Crippen molar-refractivity contribution in [2.24, 2.45) is 0 Å². The monoisotopic (exact) mass is 270 g/mol. The molecule has 0 aliphatic heterocycles. The van der Waals surface area contributed by atoms with Crippen molar-refractivity contribution in [3.05, 3.63) is 36.5 Å². The molecule has 0 spiro atoms. The highest BCUT2D eigenvalue weighted by molar-refractivity contribution is 5.65. The second-order valence-electron chi connectivity index (χ2n) is 4.26. The Bertz CT molecular complexity index is 767. The van der Waals surface area contributed by atoms with Gasteiger partial charge in [-0.05, 0) is 30.3 Å². The molecule has 0 atom stereocenters. The van der Waals surface area contributed by atoms with E-state index in [0.717, 1.165) is 11.3 Å². The molecule has 3 rings (SSSR count). The molecule has 0 radical (unpaired) electrons. The highest BCUT2D eigenvalue weighted by Crippen LogP contribution is 2.31. The Morgan fingerprint density at radius 1 is 1.05 bits per heavy atom. The molecule has 0 amide bonds. The largest absolute Gasteiger partial charge is 0.493 e. The summed E-state index contributed by atoms with van der Waals surface area (Å²) in [5.41, 5.74) is 8.10. The summed E-state index contributed by atoms with van der Waals surface area (Å²) in [5.74, 6) is 1.79. The number of ether oxygens (including phenoxy) is 2. The van der Waals surface area contributed by atoms with Crippen LogP contribution in [0.5, 0.6) is 11.5 Å². The van der Waals surface area contributed by atoms with Gasteiger partial charge in [0, 0.05) is 5.56 Å². The summed E-state index contributed by atoms with van der Waals surface area (Å²) < 4.78 is 12.2. The number of rotatable bonds is 3. The molecule has 0 aliphatic carbocycles. The van der Waals surface area contributed by atoms with Gasteiger partial charge in [0.25, 0.3) is 0 Å². The normalized spacial score (nSPS) is 10.7. The SMILES string of the molecule is COc1ccc(-c2ccc3nc(N)cn3n2)cc1OC. The van der Waals surface area contributed by atoms with E-state index in [9.17, 15) is 0 Å². The van der Waals surface area contributed by atoms with Crippen LogP contribution >= 0.6 is 0 Å². The van der Waals surface area contributed by atoms with E-state index in [1.165, 1.54) is 0 Å². The van der Waals surface area contributed by atoms with Crippen LogP contribution in [-0.2, 0) is 0 Å². The summed E-state index contributed by atoms with van der Waals surface area (Å²) in [7, 11) is 3.21. The van der Waals surface area contributed by atoms with Crippen molar-refractivity contribution >= 4 is 11.5 Å². The number of fused-ring (bicyclic) bond motifs is 1. The van der Waals surface area contributed by atoms with Gasteiger partial charge >= 0.3 is 0 Å². The van der Waals surface area contributed by atoms with E-state index in [2.05, 4.69) is 10.1 Å². The van der Waals surface area contributed by atoms with Gasteiger partial charge in [0.05, 0.1) is 26.1 Å². The number of hydrogen-bond donors (Lipinski definition) is 1. The van der Waals surface area contributed by atoms with E-state index in [4.69, 9.17) is 15.2 Å². The second-order valence-corrected chi connectivity index (χ2v) is 4.26. The molecule has 2 N–H and O–H groups in total. The van der Waals surface area contributed by atoms with Crippen molar-refractivity contribution in [2.45, 2.75) is 0 Å². The topological polar surface area (TPSA) is 74.7 Å². The molecule has 0 aliphatic rings. The molecule has 2 heterocycles. The van der Waals surface area contributed by atoms with E-state index >= 15 is 0 Å². The zero-order valence-corrected chi connectivity index (χ0v) is 11.2. The van der Waals surface area contributed by atoms with Crippen LogP contribution < -0.4 is 15.2 Å². The maximum Gasteiger partial charge on any atom is 0.161 e. The standard InChI is InChI=1S/C14H14N4O2/c1-19-11-5-3-9(7-12(11)20-2)10-4-6-14-16-13(15)8-18(14)17-10/h3-8H,15H2,1-2H3. The number of nitrogen functional groups attached to an aromatic ring is 1. The smallest absolute Gasteiger partial charge is 0.161 e. The lowest BCUT2D eigenvalue weighted by atomic mass is 10.1. The Labute approximate surface area is 115 Å². The van der Waals surface area contributed by atoms with Crippen LogP contribution in [0.1, 0.15) is 0 Å². The average molecular weight is 270 g/mol. The van der Waals surface area contributed by atoms with Gasteiger partial charge < -0.3 is 15.2 Å². The molecule has 1 aromatic carbocycles. The summed E-state index contributed by atoms with van der Waals surface area (Å²) in [6.45, 7) is 0. The third-order valence-electron chi connectivity index (χ3n) is 3.02. The molecule has 20 heavy (non-hydrogen) atoms. The van der Waals surface area contributed by atoms with Crippen LogP contribution in [0.25, 0.3) is 16.9 Å². The Morgan fingerprint density at radius 2 is 1.85 bits per heavy atom. The molecular formula is C14H14N4O2. The fourth-order valence-electron chi connectivity index (χ4n) is 2.05. The predicted molar refractivity (Wildman–Crippen MR) is 75.9 cm³/mol. The molecule has 0 fully saturated rings. The van der Waals surface area contributed by atoms with Crippen LogP contribution in [0.15, 0.2) is 36.5 Å². The summed E-state index contributed by atoms with van der Waals surface area (Å²) in [6.07, 6.45) is 1.68. The molecule has 0 bridgehead atoms.